The van der Waals surface area contributed by atoms with E-state index in [2.05, 4.69) is 9.97 Å². The SMILES string of the molecule is O=C(O)c1ccc(COc2ccccc2-c2nc3ccccc3c(=O)[nH]2)o1. The molecule has 2 aromatic heterocycles. The highest BCUT2D eigenvalue weighted by Gasteiger charge is 2.13. The fourth-order valence-corrected chi connectivity index (χ4v) is 2.72. The number of benzene rings is 2. The molecule has 0 aliphatic heterocycles. The summed E-state index contributed by atoms with van der Waals surface area (Å²) in [6.07, 6.45) is 0. The normalized spacial score (nSPS) is 10.8. The zero-order valence-corrected chi connectivity index (χ0v) is 14.0. The van der Waals surface area contributed by atoms with Gasteiger partial charge in [0.2, 0.25) is 5.76 Å². The lowest BCUT2D eigenvalue weighted by molar-refractivity contribution is 0.0658. The van der Waals surface area contributed by atoms with Crippen LogP contribution >= 0.6 is 0 Å². The van der Waals surface area contributed by atoms with E-state index in [1.54, 1.807) is 42.5 Å². The number of carboxylic acids is 1. The third-order valence-electron chi connectivity index (χ3n) is 4.00. The van der Waals surface area contributed by atoms with Crippen LogP contribution in [-0.4, -0.2) is 21.0 Å². The van der Waals surface area contributed by atoms with Crippen LogP contribution in [0.5, 0.6) is 5.75 Å². The maximum absolute atomic E-state index is 12.3. The van der Waals surface area contributed by atoms with Crippen LogP contribution in [0, 0.1) is 0 Å². The zero-order valence-electron chi connectivity index (χ0n) is 14.0. The molecular formula is C20H14N2O5. The molecule has 0 saturated carbocycles. The van der Waals surface area contributed by atoms with Crippen molar-refractivity contribution in [2.45, 2.75) is 6.61 Å². The fraction of sp³-hybridized carbons (Fsp3) is 0.0500. The molecule has 134 valence electrons. The van der Waals surface area contributed by atoms with E-state index in [1.807, 2.05) is 12.1 Å². The van der Waals surface area contributed by atoms with Gasteiger partial charge in [-0.3, -0.25) is 4.79 Å². The first kappa shape index (κ1) is 16.6. The summed E-state index contributed by atoms with van der Waals surface area (Å²) >= 11 is 0. The summed E-state index contributed by atoms with van der Waals surface area (Å²) < 4.78 is 11.0. The molecule has 7 heteroatoms. The van der Waals surface area contributed by atoms with E-state index in [4.69, 9.17) is 14.3 Å². The van der Waals surface area contributed by atoms with Gasteiger partial charge in [0.05, 0.1) is 16.5 Å². The molecule has 0 fully saturated rings. The van der Waals surface area contributed by atoms with Crippen molar-refractivity contribution in [3.05, 3.63) is 82.5 Å². The number of H-pyrrole nitrogens is 1. The minimum Gasteiger partial charge on any atom is -0.485 e. The van der Waals surface area contributed by atoms with Gasteiger partial charge in [0.1, 0.15) is 23.9 Å². The van der Waals surface area contributed by atoms with E-state index in [-0.39, 0.29) is 17.9 Å². The van der Waals surface area contributed by atoms with Crippen molar-refractivity contribution in [2.75, 3.05) is 0 Å². The Morgan fingerprint density at radius 2 is 1.85 bits per heavy atom. The average Bonchev–Trinajstić information content (AvgIpc) is 3.16. The summed E-state index contributed by atoms with van der Waals surface area (Å²) in [7, 11) is 0. The van der Waals surface area contributed by atoms with Crippen molar-refractivity contribution in [1.29, 1.82) is 0 Å². The molecule has 7 nitrogen and oxygen atoms in total. The van der Waals surface area contributed by atoms with Gasteiger partial charge in [-0.15, -0.1) is 0 Å². The van der Waals surface area contributed by atoms with Crippen molar-refractivity contribution >= 4 is 16.9 Å². The van der Waals surface area contributed by atoms with Gasteiger partial charge < -0.3 is 19.2 Å². The summed E-state index contributed by atoms with van der Waals surface area (Å²) in [4.78, 5) is 30.5. The lowest BCUT2D eigenvalue weighted by Crippen LogP contribution is -2.10. The second-order valence-electron chi connectivity index (χ2n) is 5.79. The van der Waals surface area contributed by atoms with Gasteiger partial charge in [0.25, 0.3) is 5.56 Å². The highest BCUT2D eigenvalue weighted by atomic mass is 16.5. The quantitative estimate of drug-likeness (QED) is 0.563. The molecular weight excluding hydrogens is 348 g/mol. The number of fused-ring (bicyclic) bond motifs is 1. The fourth-order valence-electron chi connectivity index (χ4n) is 2.72. The number of rotatable bonds is 5. The number of aromatic nitrogens is 2. The molecule has 27 heavy (non-hydrogen) atoms. The van der Waals surface area contributed by atoms with Crippen LogP contribution in [0.1, 0.15) is 16.3 Å². The number of para-hydroxylation sites is 2. The number of furan rings is 1. The Morgan fingerprint density at radius 1 is 1.07 bits per heavy atom. The Balaban J connectivity index is 1.67. The average molecular weight is 362 g/mol. The van der Waals surface area contributed by atoms with Crippen LogP contribution in [0.15, 0.2) is 69.9 Å². The lowest BCUT2D eigenvalue weighted by atomic mass is 10.1. The van der Waals surface area contributed by atoms with Crippen molar-refractivity contribution in [3.8, 4) is 17.1 Å². The van der Waals surface area contributed by atoms with Crippen LogP contribution in [0.2, 0.25) is 0 Å². The molecule has 0 aliphatic carbocycles. The minimum atomic E-state index is -1.14. The second kappa shape index (κ2) is 6.80. The number of carbonyl (C=O) groups is 1. The number of nitrogens with zero attached hydrogens (tertiary/aromatic N) is 1. The molecule has 2 heterocycles. The number of carboxylic acid groups (broad SMARTS) is 1. The van der Waals surface area contributed by atoms with Crippen LogP contribution < -0.4 is 10.3 Å². The van der Waals surface area contributed by atoms with Gasteiger partial charge in [-0.05, 0) is 36.4 Å². The topological polar surface area (TPSA) is 105 Å². The molecule has 0 radical (unpaired) electrons. The molecule has 4 aromatic rings. The van der Waals surface area contributed by atoms with Crippen molar-refractivity contribution in [3.63, 3.8) is 0 Å². The van der Waals surface area contributed by atoms with Crippen LogP contribution in [0.3, 0.4) is 0 Å². The van der Waals surface area contributed by atoms with Gasteiger partial charge in [0, 0.05) is 0 Å². The standard InChI is InChI=1S/C20H14N2O5/c23-19-13-5-1-3-7-15(13)21-18(22-19)14-6-2-4-8-16(14)26-11-12-9-10-17(27-12)20(24)25/h1-10H,11H2,(H,24,25)(H,21,22,23). The highest BCUT2D eigenvalue weighted by Crippen LogP contribution is 2.28. The van der Waals surface area contributed by atoms with E-state index in [0.717, 1.165) is 0 Å². The van der Waals surface area contributed by atoms with Gasteiger partial charge in [-0.1, -0.05) is 24.3 Å². The van der Waals surface area contributed by atoms with E-state index < -0.39 is 5.97 Å². The Morgan fingerprint density at radius 3 is 2.67 bits per heavy atom. The molecule has 0 aliphatic rings. The molecule has 2 N–H and O–H groups in total. The van der Waals surface area contributed by atoms with Gasteiger partial charge in [-0.25, -0.2) is 9.78 Å². The predicted molar refractivity (Wildman–Crippen MR) is 97.8 cm³/mol. The smallest absolute Gasteiger partial charge is 0.371 e. The molecule has 0 amide bonds. The van der Waals surface area contributed by atoms with Gasteiger partial charge >= 0.3 is 5.97 Å². The van der Waals surface area contributed by atoms with Crippen LogP contribution in [-0.2, 0) is 6.61 Å². The van der Waals surface area contributed by atoms with Gasteiger partial charge in [-0.2, -0.15) is 0 Å². The first-order valence-corrected chi connectivity index (χ1v) is 8.15. The maximum Gasteiger partial charge on any atom is 0.371 e. The summed E-state index contributed by atoms with van der Waals surface area (Å²) in [6.45, 7) is 0.0438. The largest absolute Gasteiger partial charge is 0.485 e. The summed E-state index contributed by atoms with van der Waals surface area (Å²) in [6, 6.07) is 17.1. The Bertz CT molecular complexity index is 1190. The number of hydrogen-bond donors (Lipinski definition) is 2. The van der Waals surface area contributed by atoms with E-state index in [0.29, 0.717) is 33.8 Å². The molecule has 2 aromatic carbocycles. The van der Waals surface area contributed by atoms with E-state index in [1.165, 1.54) is 6.07 Å². The number of hydrogen-bond acceptors (Lipinski definition) is 5. The first-order chi connectivity index (χ1) is 13.1. The zero-order chi connectivity index (χ0) is 18.8. The highest BCUT2D eigenvalue weighted by molar-refractivity contribution is 5.84. The summed E-state index contributed by atoms with van der Waals surface area (Å²) in [5.74, 6) is -0.0339. The number of aromatic carboxylic acids is 1. The van der Waals surface area contributed by atoms with E-state index in [9.17, 15) is 9.59 Å². The molecule has 0 saturated heterocycles. The molecule has 4 rings (SSSR count). The Labute approximate surface area is 152 Å². The van der Waals surface area contributed by atoms with Gasteiger partial charge in [0.15, 0.2) is 0 Å². The predicted octanol–water partition coefficient (Wildman–Crippen LogP) is 3.46. The van der Waals surface area contributed by atoms with Crippen LogP contribution in [0.25, 0.3) is 22.3 Å². The third kappa shape index (κ3) is 3.30. The maximum atomic E-state index is 12.3. The molecule has 0 spiro atoms. The Kier molecular flexibility index (Phi) is 4.18. The van der Waals surface area contributed by atoms with Crippen molar-refractivity contribution < 1.29 is 19.1 Å². The molecule has 0 atom stereocenters. The molecule has 0 unspecified atom stereocenters. The minimum absolute atomic E-state index is 0.0438. The summed E-state index contributed by atoms with van der Waals surface area (Å²) in [5.41, 5.74) is 0.969. The van der Waals surface area contributed by atoms with Crippen LogP contribution in [0.4, 0.5) is 0 Å². The summed E-state index contributed by atoms with van der Waals surface area (Å²) in [5, 5.41) is 9.42. The van der Waals surface area contributed by atoms with E-state index >= 15 is 0 Å². The number of nitrogens with one attached hydrogen (secondary N) is 1. The van der Waals surface area contributed by atoms with Crippen molar-refractivity contribution in [2.24, 2.45) is 0 Å². The Hall–Kier alpha value is -3.87. The monoisotopic (exact) mass is 362 g/mol. The lowest BCUT2D eigenvalue weighted by Gasteiger charge is -2.10. The van der Waals surface area contributed by atoms with Crippen molar-refractivity contribution in [1.82, 2.24) is 9.97 Å². The molecule has 0 bridgehead atoms. The number of ether oxygens (including phenoxy) is 1. The third-order valence-corrected chi connectivity index (χ3v) is 4.00. The second-order valence-corrected chi connectivity index (χ2v) is 5.79. The number of aromatic amines is 1. The first-order valence-electron chi connectivity index (χ1n) is 8.15.